The number of rotatable bonds is 5. The summed E-state index contributed by atoms with van der Waals surface area (Å²) in [6.45, 7) is 0.223. The second kappa shape index (κ2) is 9.99. The molecular weight excluding hydrogens is 469 g/mol. The van der Waals surface area contributed by atoms with E-state index >= 15 is 0 Å². The molecule has 1 saturated carbocycles. The number of para-hydroxylation sites is 1. The van der Waals surface area contributed by atoms with Crippen LogP contribution in [0.1, 0.15) is 56.6 Å². The van der Waals surface area contributed by atoms with Crippen molar-refractivity contribution in [1.82, 2.24) is 4.90 Å². The van der Waals surface area contributed by atoms with Crippen LogP contribution in [0.15, 0.2) is 65.6 Å². The third kappa shape index (κ3) is 4.46. The van der Waals surface area contributed by atoms with Crippen molar-refractivity contribution in [3.63, 3.8) is 0 Å². The quantitative estimate of drug-likeness (QED) is 0.471. The summed E-state index contributed by atoms with van der Waals surface area (Å²) in [7, 11) is -1.21. The molecule has 2 saturated heterocycles. The normalized spacial score (nSPS) is 28.4. The average Bonchev–Trinajstić information content (AvgIpc) is 3.17. The number of amides is 2. The fourth-order valence-electron chi connectivity index (χ4n) is 6.89. The number of fused-ring (bicyclic) bond motifs is 3. The van der Waals surface area contributed by atoms with E-state index in [9.17, 15) is 19.7 Å². The van der Waals surface area contributed by atoms with E-state index in [1.165, 1.54) is 0 Å². The monoisotopic (exact) mass is 501 g/mol. The molecule has 2 amide bonds. The summed E-state index contributed by atoms with van der Waals surface area (Å²) in [5.41, 5.74) is 2.26. The number of aromatic hydroxyl groups is 1. The van der Waals surface area contributed by atoms with Crippen LogP contribution in [0, 0.1) is 17.8 Å². The molecule has 0 bridgehead atoms. The van der Waals surface area contributed by atoms with Crippen LogP contribution < -0.4 is 4.74 Å². The maximum absolute atomic E-state index is 13.9. The van der Waals surface area contributed by atoms with E-state index in [2.05, 4.69) is 0 Å². The zero-order valence-electron chi connectivity index (χ0n) is 20.8. The van der Waals surface area contributed by atoms with E-state index in [0.717, 1.165) is 43.2 Å². The molecule has 6 rings (SSSR count). The van der Waals surface area contributed by atoms with Gasteiger partial charge in [0.2, 0.25) is 11.8 Å². The van der Waals surface area contributed by atoms with Gasteiger partial charge in [0.1, 0.15) is 18.1 Å². The minimum Gasteiger partial charge on any atom is -0.508 e. The second-order valence-corrected chi connectivity index (χ2v) is 10.7. The van der Waals surface area contributed by atoms with Crippen LogP contribution in [0.5, 0.6) is 11.5 Å². The highest BCUT2D eigenvalue weighted by Crippen LogP contribution is 2.52. The highest BCUT2D eigenvalue weighted by atomic mass is 16.5. The van der Waals surface area contributed by atoms with Gasteiger partial charge < -0.3 is 19.5 Å². The fourth-order valence-corrected chi connectivity index (χ4v) is 6.89. The predicted molar refractivity (Wildman–Crippen MR) is 137 cm³/mol. The van der Waals surface area contributed by atoms with Crippen LogP contribution in [0.3, 0.4) is 0 Å². The molecule has 2 aliphatic carbocycles. The molecule has 2 aromatic rings. The Bertz CT molecular complexity index is 1210. The lowest BCUT2D eigenvalue weighted by molar-refractivity contribution is -0.143. The van der Waals surface area contributed by atoms with E-state index < -0.39 is 25.1 Å². The van der Waals surface area contributed by atoms with E-state index in [0.29, 0.717) is 24.1 Å². The highest BCUT2D eigenvalue weighted by molar-refractivity contribution is 6.53. The first-order chi connectivity index (χ1) is 18.0. The summed E-state index contributed by atoms with van der Waals surface area (Å²) in [4.78, 5) is 29.2. The molecule has 0 aromatic heterocycles. The van der Waals surface area contributed by atoms with Crippen LogP contribution in [-0.4, -0.2) is 46.6 Å². The highest BCUT2D eigenvalue weighted by Gasteiger charge is 2.59. The number of phenolic OH excluding ortho intramolecular Hbond substituents is 1. The standard InChI is InChI=1S/C29H32BNO6/c32-21-11-7-8-18(14-21)25-16-23-26-24(28(33)31(29(26)34)20-9-3-1-4-10-20)15-19(27(23)30(35)37-25)17-36-22-12-5-2-6-13-22/h2,5-8,11-14,20,23-26,32,35H,1,3-4,9-10,15-17H2/t23-,24-,25-,26+/m0/s1. The SMILES string of the molecule is O=C1[C@H]2[C@H](CC(COc3ccccc3)=C3B(O)O[C@H](c4cccc(O)c4)C[C@H]32)C(=O)N1C1CCCCC1. The molecule has 2 aliphatic heterocycles. The molecule has 4 atom stereocenters. The summed E-state index contributed by atoms with van der Waals surface area (Å²) in [5.74, 6) is -0.656. The van der Waals surface area contributed by atoms with E-state index in [-0.39, 0.29) is 36.1 Å². The maximum atomic E-state index is 13.9. The summed E-state index contributed by atoms with van der Waals surface area (Å²) in [6, 6.07) is 16.2. The summed E-state index contributed by atoms with van der Waals surface area (Å²) in [6.07, 6.45) is 5.27. The first kappa shape index (κ1) is 24.3. The van der Waals surface area contributed by atoms with Crippen LogP contribution in [-0.2, 0) is 14.2 Å². The van der Waals surface area contributed by atoms with Gasteiger partial charge in [0.25, 0.3) is 0 Å². The maximum Gasteiger partial charge on any atom is 0.487 e. The number of carbonyl (C=O) groups excluding carboxylic acids is 2. The predicted octanol–water partition coefficient (Wildman–Crippen LogP) is 4.20. The van der Waals surface area contributed by atoms with Gasteiger partial charge >= 0.3 is 7.12 Å². The lowest BCUT2D eigenvalue weighted by Gasteiger charge is -2.42. The Balaban J connectivity index is 1.35. The van der Waals surface area contributed by atoms with Gasteiger partial charge in [-0.1, -0.05) is 49.6 Å². The third-order valence-corrected chi connectivity index (χ3v) is 8.58. The zero-order valence-corrected chi connectivity index (χ0v) is 20.8. The van der Waals surface area contributed by atoms with Crippen molar-refractivity contribution >= 4 is 18.9 Å². The molecule has 8 heteroatoms. The molecule has 4 aliphatic rings. The minimum absolute atomic E-state index is 0.0292. The number of nitrogens with zero attached hydrogens (tertiary/aromatic N) is 1. The van der Waals surface area contributed by atoms with Gasteiger partial charge in [-0.15, -0.1) is 0 Å². The number of allylic oxidation sites excluding steroid dienone is 1. The Kier molecular flexibility index (Phi) is 6.55. The summed E-state index contributed by atoms with van der Waals surface area (Å²) >= 11 is 0. The van der Waals surface area contributed by atoms with Crippen molar-refractivity contribution in [3.8, 4) is 11.5 Å². The Morgan fingerprint density at radius 1 is 0.973 bits per heavy atom. The van der Waals surface area contributed by atoms with Gasteiger partial charge in [-0.3, -0.25) is 14.5 Å². The number of phenols is 1. The molecule has 192 valence electrons. The molecule has 37 heavy (non-hydrogen) atoms. The third-order valence-electron chi connectivity index (χ3n) is 8.58. The molecule has 2 heterocycles. The smallest absolute Gasteiger partial charge is 0.487 e. The number of benzene rings is 2. The second-order valence-electron chi connectivity index (χ2n) is 10.7. The topological polar surface area (TPSA) is 96.3 Å². The van der Waals surface area contributed by atoms with Gasteiger partial charge in [-0.25, -0.2) is 0 Å². The molecule has 0 unspecified atom stereocenters. The van der Waals surface area contributed by atoms with Gasteiger partial charge in [0.15, 0.2) is 0 Å². The first-order valence-electron chi connectivity index (χ1n) is 13.4. The van der Waals surface area contributed by atoms with Gasteiger partial charge in [-0.05, 0) is 72.5 Å². The Labute approximate surface area is 217 Å². The van der Waals surface area contributed by atoms with Crippen LogP contribution >= 0.6 is 0 Å². The van der Waals surface area contributed by atoms with E-state index in [1.54, 1.807) is 23.1 Å². The van der Waals surface area contributed by atoms with E-state index in [1.807, 2.05) is 36.4 Å². The van der Waals surface area contributed by atoms with Crippen molar-refractivity contribution < 1.29 is 29.1 Å². The van der Waals surface area contributed by atoms with Gasteiger partial charge in [0, 0.05) is 6.04 Å². The number of hydrogen-bond donors (Lipinski definition) is 2. The molecule has 2 aromatic carbocycles. The molecule has 2 N–H and O–H groups in total. The van der Waals surface area contributed by atoms with Crippen molar-refractivity contribution in [3.05, 3.63) is 71.2 Å². The molecule has 7 nitrogen and oxygen atoms in total. The van der Waals surface area contributed by atoms with Crippen molar-refractivity contribution in [1.29, 1.82) is 0 Å². The minimum atomic E-state index is -1.21. The lowest BCUT2D eigenvalue weighted by Crippen LogP contribution is -2.46. The molecule has 3 fully saturated rings. The number of ether oxygens (including phenoxy) is 1. The van der Waals surface area contributed by atoms with Crippen LogP contribution in [0.2, 0.25) is 0 Å². The molecule has 0 radical (unpaired) electrons. The Morgan fingerprint density at radius 2 is 1.76 bits per heavy atom. The lowest BCUT2D eigenvalue weighted by atomic mass is 9.55. The van der Waals surface area contributed by atoms with Crippen molar-refractivity contribution in [2.45, 2.75) is 57.1 Å². The number of hydrogen-bond acceptors (Lipinski definition) is 6. The average molecular weight is 501 g/mol. The number of imide groups is 1. The van der Waals surface area contributed by atoms with Crippen LogP contribution in [0.4, 0.5) is 0 Å². The number of likely N-dealkylation sites (tertiary alicyclic amines) is 1. The van der Waals surface area contributed by atoms with Crippen molar-refractivity contribution in [2.24, 2.45) is 17.8 Å². The first-order valence-corrected chi connectivity index (χ1v) is 13.4. The molecule has 0 spiro atoms. The van der Waals surface area contributed by atoms with Gasteiger partial charge in [-0.2, -0.15) is 0 Å². The molecular formula is C29H32BNO6. The van der Waals surface area contributed by atoms with Crippen LogP contribution in [0.25, 0.3) is 0 Å². The van der Waals surface area contributed by atoms with Gasteiger partial charge in [0.05, 0.1) is 17.9 Å². The number of carbonyl (C=O) groups is 2. The summed E-state index contributed by atoms with van der Waals surface area (Å²) < 4.78 is 12.1. The summed E-state index contributed by atoms with van der Waals surface area (Å²) in [5, 5.41) is 21.3. The van der Waals surface area contributed by atoms with E-state index in [4.69, 9.17) is 9.39 Å². The Hall–Kier alpha value is -3.10. The fraction of sp³-hybridized carbons (Fsp3) is 0.448. The Morgan fingerprint density at radius 3 is 2.51 bits per heavy atom. The zero-order chi connectivity index (χ0) is 25.5. The largest absolute Gasteiger partial charge is 0.508 e. The van der Waals surface area contributed by atoms with Crippen molar-refractivity contribution in [2.75, 3.05) is 6.61 Å².